The average molecular weight is 222 g/mol. The van der Waals surface area contributed by atoms with Gasteiger partial charge in [0.05, 0.1) is 13.2 Å². The van der Waals surface area contributed by atoms with Gasteiger partial charge in [0.1, 0.15) is 6.04 Å². The molecule has 0 aromatic heterocycles. The van der Waals surface area contributed by atoms with Gasteiger partial charge < -0.3 is 4.74 Å². The molecular formula is C12H15FN2O. The van der Waals surface area contributed by atoms with Crippen molar-refractivity contribution in [1.29, 1.82) is 5.26 Å². The highest BCUT2D eigenvalue weighted by atomic mass is 19.1. The number of hydrogen-bond acceptors (Lipinski definition) is 3. The Hall–Kier alpha value is -1.60. The van der Waals surface area contributed by atoms with Crippen molar-refractivity contribution in [2.75, 3.05) is 7.11 Å². The van der Waals surface area contributed by atoms with E-state index >= 15 is 0 Å². The van der Waals surface area contributed by atoms with Crippen LogP contribution in [0.2, 0.25) is 0 Å². The number of ether oxygens (including phenoxy) is 1. The van der Waals surface area contributed by atoms with Gasteiger partial charge in [-0.2, -0.15) is 5.26 Å². The molecule has 3 nitrogen and oxygen atoms in total. The minimum Gasteiger partial charge on any atom is -0.494 e. The molecule has 0 spiro atoms. The Balaban J connectivity index is 2.95. The lowest BCUT2D eigenvalue weighted by Gasteiger charge is -2.15. The van der Waals surface area contributed by atoms with Crippen molar-refractivity contribution >= 4 is 0 Å². The van der Waals surface area contributed by atoms with E-state index < -0.39 is 11.9 Å². The zero-order chi connectivity index (χ0) is 12.1. The van der Waals surface area contributed by atoms with Gasteiger partial charge in [-0.15, -0.1) is 0 Å². The fourth-order valence-electron chi connectivity index (χ4n) is 1.40. The third-order valence-electron chi connectivity index (χ3n) is 2.14. The largest absolute Gasteiger partial charge is 0.494 e. The molecule has 0 aliphatic heterocycles. The molecule has 0 heterocycles. The molecule has 0 aliphatic carbocycles. The van der Waals surface area contributed by atoms with E-state index in [-0.39, 0.29) is 11.8 Å². The molecule has 0 bridgehead atoms. The second kappa shape index (κ2) is 5.47. The van der Waals surface area contributed by atoms with Crippen molar-refractivity contribution in [3.8, 4) is 11.8 Å². The average Bonchev–Trinajstić information content (AvgIpc) is 2.25. The Bertz CT molecular complexity index is 398. The highest BCUT2D eigenvalue weighted by Crippen LogP contribution is 2.21. The minimum atomic E-state index is -0.500. The van der Waals surface area contributed by atoms with Gasteiger partial charge in [0, 0.05) is 6.04 Å². The summed E-state index contributed by atoms with van der Waals surface area (Å²) in [7, 11) is 1.41. The standard InChI is InChI=1S/C12H15FN2O/c1-8(2)15-11(7-14)9-4-5-12(16-3)10(13)6-9/h4-6,8,11,15H,1-3H3. The van der Waals surface area contributed by atoms with Crippen LogP contribution in [0.4, 0.5) is 4.39 Å². The maximum atomic E-state index is 13.4. The van der Waals surface area contributed by atoms with Gasteiger partial charge in [-0.3, -0.25) is 5.32 Å². The van der Waals surface area contributed by atoms with Gasteiger partial charge in [-0.25, -0.2) is 4.39 Å². The Labute approximate surface area is 94.8 Å². The predicted molar refractivity (Wildman–Crippen MR) is 59.6 cm³/mol. The van der Waals surface area contributed by atoms with E-state index in [4.69, 9.17) is 10.00 Å². The first kappa shape index (κ1) is 12.5. The number of methoxy groups -OCH3 is 1. The molecule has 86 valence electrons. The Morgan fingerprint density at radius 3 is 2.56 bits per heavy atom. The van der Waals surface area contributed by atoms with Crippen LogP contribution >= 0.6 is 0 Å². The first-order valence-electron chi connectivity index (χ1n) is 5.07. The molecule has 0 radical (unpaired) electrons. The summed E-state index contributed by atoms with van der Waals surface area (Å²) in [4.78, 5) is 0. The van der Waals surface area contributed by atoms with Crippen molar-refractivity contribution in [2.45, 2.75) is 25.9 Å². The van der Waals surface area contributed by atoms with Crippen LogP contribution in [0.25, 0.3) is 0 Å². The zero-order valence-corrected chi connectivity index (χ0v) is 9.62. The molecule has 0 aliphatic rings. The third-order valence-corrected chi connectivity index (χ3v) is 2.14. The van der Waals surface area contributed by atoms with Crippen LogP contribution in [0.3, 0.4) is 0 Å². The number of nitrogens with one attached hydrogen (secondary N) is 1. The molecule has 0 fully saturated rings. The summed E-state index contributed by atoms with van der Waals surface area (Å²) >= 11 is 0. The van der Waals surface area contributed by atoms with Gasteiger partial charge >= 0.3 is 0 Å². The summed E-state index contributed by atoms with van der Waals surface area (Å²) < 4.78 is 18.2. The first-order valence-corrected chi connectivity index (χ1v) is 5.07. The summed E-state index contributed by atoms with van der Waals surface area (Å²) in [5.41, 5.74) is 0.606. The van der Waals surface area contributed by atoms with Crippen LogP contribution in [0.1, 0.15) is 25.5 Å². The molecule has 1 unspecified atom stereocenters. The van der Waals surface area contributed by atoms with E-state index in [0.717, 1.165) is 0 Å². The Morgan fingerprint density at radius 2 is 2.12 bits per heavy atom. The van der Waals surface area contributed by atoms with Crippen molar-refractivity contribution < 1.29 is 9.13 Å². The monoisotopic (exact) mass is 222 g/mol. The van der Waals surface area contributed by atoms with Gasteiger partial charge in [-0.1, -0.05) is 6.07 Å². The van der Waals surface area contributed by atoms with Crippen LogP contribution in [0.5, 0.6) is 5.75 Å². The lowest BCUT2D eigenvalue weighted by atomic mass is 10.1. The molecule has 1 N–H and O–H groups in total. The van der Waals surface area contributed by atoms with Crippen molar-refractivity contribution in [3.05, 3.63) is 29.6 Å². The van der Waals surface area contributed by atoms with Crippen LogP contribution in [0, 0.1) is 17.1 Å². The molecule has 1 rings (SSSR count). The molecule has 4 heteroatoms. The van der Waals surface area contributed by atoms with E-state index in [1.54, 1.807) is 6.07 Å². The molecule has 1 atom stereocenters. The summed E-state index contributed by atoms with van der Waals surface area (Å²) in [6.07, 6.45) is 0. The lowest BCUT2D eigenvalue weighted by molar-refractivity contribution is 0.385. The van der Waals surface area contributed by atoms with Gasteiger partial charge in [-0.05, 0) is 31.5 Å². The number of benzene rings is 1. The summed E-state index contributed by atoms with van der Waals surface area (Å²) in [6.45, 7) is 3.87. The van der Waals surface area contributed by atoms with Gasteiger partial charge in [0.2, 0.25) is 0 Å². The maximum Gasteiger partial charge on any atom is 0.165 e. The van der Waals surface area contributed by atoms with Crippen LogP contribution in [-0.2, 0) is 0 Å². The quantitative estimate of drug-likeness (QED) is 0.850. The Morgan fingerprint density at radius 1 is 1.44 bits per heavy atom. The van der Waals surface area contributed by atoms with E-state index in [1.165, 1.54) is 19.2 Å². The molecule has 0 saturated heterocycles. The fraction of sp³-hybridized carbons (Fsp3) is 0.417. The topological polar surface area (TPSA) is 45.0 Å². The Kier molecular flexibility index (Phi) is 4.27. The highest BCUT2D eigenvalue weighted by molar-refractivity contribution is 5.33. The fourth-order valence-corrected chi connectivity index (χ4v) is 1.40. The number of nitrogens with zero attached hydrogens (tertiary/aromatic N) is 1. The van der Waals surface area contributed by atoms with Crippen LogP contribution < -0.4 is 10.1 Å². The molecular weight excluding hydrogens is 207 g/mol. The minimum absolute atomic E-state index is 0.162. The molecule has 1 aromatic rings. The summed E-state index contributed by atoms with van der Waals surface area (Å²) in [5, 5.41) is 12.0. The van der Waals surface area contributed by atoms with Crippen LogP contribution in [0.15, 0.2) is 18.2 Å². The van der Waals surface area contributed by atoms with E-state index in [0.29, 0.717) is 5.56 Å². The van der Waals surface area contributed by atoms with E-state index in [1.807, 2.05) is 13.8 Å². The number of nitriles is 1. The number of rotatable bonds is 4. The SMILES string of the molecule is COc1ccc(C(C#N)NC(C)C)cc1F. The molecule has 1 aromatic carbocycles. The predicted octanol–water partition coefficient (Wildman–Crippen LogP) is 2.40. The van der Waals surface area contributed by atoms with Crippen molar-refractivity contribution in [1.82, 2.24) is 5.32 Å². The van der Waals surface area contributed by atoms with Crippen molar-refractivity contribution in [2.24, 2.45) is 0 Å². The molecule has 0 saturated carbocycles. The van der Waals surface area contributed by atoms with E-state index in [9.17, 15) is 4.39 Å². The van der Waals surface area contributed by atoms with Gasteiger partial charge in [0.15, 0.2) is 11.6 Å². The van der Waals surface area contributed by atoms with Gasteiger partial charge in [0.25, 0.3) is 0 Å². The third kappa shape index (κ3) is 2.94. The zero-order valence-electron chi connectivity index (χ0n) is 9.62. The highest BCUT2D eigenvalue weighted by Gasteiger charge is 2.13. The summed E-state index contributed by atoms with van der Waals surface area (Å²) in [6, 6.07) is 6.29. The summed E-state index contributed by atoms with van der Waals surface area (Å²) in [5.74, 6) is -0.268. The maximum absolute atomic E-state index is 13.4. The number of halogens is 1. The van der Waals surface area contributed by atoms with Crippen molar-refractivity contribution in [3.63, 3.8) is 0 Å². The first-order chi connectivity index (χ1) is 7.58. The van der Waals surface area contributed by atoms with Crippen LogP contribution in [-0.4, -0.2) is 13.2 Å². The number of hydrogen-bond donors (Lipinski definition) is 1. The normalized spacial score (nSPS) is 12.2. The van der Waals surface area contributed by atoms with E-state index in [2.05, 4.69) is 11.4 Å². The smallest absolute Gasteiger partial charge is 0.165 e. The molecule has 0 amide bonds. The second-order valence-electron chi connectivity index (χ2n) is 3.78. The lowest BCUT2D eigenvalue weighted by Crippen LogP contribution is -2.27. The molecule has 16 heavy (non-hydrogen) atoms. The second-order valence-corrected chi connectivity index (χ2v) is 3.78.